The SMILES string of the molecule is CNC(C)c1ccc(-c2ccn(CCO)c(=O)c2)cc1. The lowest BCUT2D eigenvalue weighted by molar-refractivity contribution is 0.274. The summed E-state index contributed by atoms with van der Waals surface area (Å²) in [6, 6.07) is 12.0. The molecule has 2 N–H and O–H groups in total. The Hall–Kier alpha value is -1.91. The first kappa shape index (κ1) is 14.5. The summed E-state index contributed by atoms with van der Waals surface area (Å²) in [5, 5.41) is 12.1. The van der Waals surface area contributed by atoms with Crippen LogP contribution in [0.5, 0.6) is 0 Å². The van der Waals surface area contributed by atoms with Crippen LogP contribution in [0.1, 0.15) is 18.5 Å². The molecular formula is C16H20N2O2. The Morgan fingerprint density at radius 3 is 2.45 bits per heavy atom. The van der Waals surface area contributed by atoms with Gasteiger partial charge in [-0.2, -0.15) is 0 Å². The first-order chi connectivity index (χ1) is 9.65. The van der Waals surface area contributed by atoms with Gasteiger partial charge in [-0.15, -0.1) is 0 Å². The van der Waals surface area contributed by atoms with E-state index in [4.69, 9.17) is 5.11 Å². The van der Waals surface area contributed by atoms with E-state index >= 15 is 0 Å². The summed E-state index contributed by atoms with van der Waals surface area (Å²) in [5.41, 5.74) is 3.03. The topological polar surface area (TPSA) is 54.3 Å². The van der Waals surface area contributed by atoms with Crippen LogP contribution in [0, 0.1) is 0 Å². The smallest absolute Gasteiger partial charge is 0.251 e. The number of benzene rings is 1. The van der Waals surface area contributed by atoms with Crippen LogP contribution >= 0.6 is 0 Å². The maximum absolute atomic E-state index is 11.9. The quantitative estimate of drug-likeness (QED) is 0.872. The minimum atomic E-state index is -0.0933. The fraction of sp³-hybridized carbons (Fsp3) is 0.312. The van der Waals surface area contributed by atoms with E-state index in [9.17, 15) is 4.79 Å². The Balaban J connectivity index is 2.28. The first-order valence-electron chi connectivity index (χ1n) is 6.74. The molecule has 0 aliphatic rings. The lowest BCUT2D eigenvalue weighted by Crippen LogP contribution is -2.20. The molecule has 0 aliphatic carbocycles. The first-order valence-corrected chi connectivity index (χ1v) is 6.74. The zero-order chi connectivity index (χ0) is 14.5. The van der Waals surface area contributed by atoms with Crippen LogP contribution in [0.3, 0.4) is 0 Å². The van der Waals surface area contributed by atoms with Gasteiger partial charge < -0.3 is 15.0 Å². The summed E-state index contributed by atoms with van der Waals surface area (Å²) in [4.78, 5) is 11.9. The van der Waals surface area contributed by atoms with Crippen LogP contribution in [0.15, 0.2) is 47.4 Å². The van der Waals surface area contributed by atoms with Crippen LogP contribution in [-0.4, -0.2) is 23.3 Å². The fourth-order valence-corrected chi connectivity index (χ4v) is 2.11. The Kier molecular flexibility index (Phi) is 4.71. The van der Waals surface area contributed by atoms with E-state index in [1.165, 1.54) is 10.1 Å². The van der Waals surface area contributed by atoms with Gasteiger partial charge in [-0.05, 0) is 36.7 Å². The molecule has 2 rings (SSSR count). The minimum absolute atomic E-state index is 0.0319. The van der Waals surface area contributed by atoms with Gasteiger partial charge in [0.25, 0.3) is 5.56 Å². The van der Waals surface area contributed by atoms with E-state index in [1.807, 2.05) is 25.2 Å². The third-order valence-corrected chi connectivity index (χ3v) is 3.51. The second-order valence-electron chi connectivity index (χ2n) is 4.80. The molecule has 0 bridgehead atoms. The highest BCUT2D eigenvalue weighted by Crippen LogP contribution is 2.20. The van der Waals surface area contributed by atoms with E-state index in [1.54, 1.807) is 12.3 Å². The molecule has 1 unspecified atom stereocenters. The molecule has 20 heavy (non-hydrogen) atoms. The minimum Gasteiger partial charge on any atom is -0.395 e. The van der Waals surface area contributed by atoms with Crippen molar-refractivity contribution in [2.75, 3.05) is 13.7 Å². The zero-order valence-electron chi connectivity index (χ0n) is 11.8. The summed E-state index contributed by atoms with van der Waals surface area (Å²) in [7, 11) is 1.93. The summed E-state index contributed by atoms with van der Waals surface area (Å²) in [6.45, 7) is 2.40. The number of pyridine rings is 1. The van der Waals surface area contributed by atoms with Gasteiger partial charge in [0.1, 0.15) is 0 Å². The maximum Gasteiger partial charge on any atom is 0.251 e. The third kappa shape index (κ3) is 3.15. The van der Waals surface area contributed by atoms with Crippen molar-refractivity contribution in [3.8, 4) is 11.1 Å². The second-order valence-corrected chi connectivity index (χ2v) is 4.80. The molecule has 1 heterocycles. The molecular weight excluding hydrogens is 252 g/mol. The lowest BCUT2D eigenvalue weighted by Gasteiger charge is -2.11. The van der Waals surface area contributed by atoms with Gasteiger partial charge in [0.15, 0.2) is 0 Å². The molecule has 4 heteroatoms. The molecule has 4 nitrogen and oxygen atoms in total. The monoisotopic (exact) mass is 272 g/mol. The number of aromatic nitrogens is 1. The predicted molar refractivity (Wildman–Crippen MR) is 80.7 cm³/mol. The Bertz CT molecular complexity index is 617. The molecule has 0 saturated carbocycles. The zero-order valence-corrected chi connectivity index (χ0v) is 11.8. The Morgan fingerprint density at radius 2 is 1.90 bits per heavy atom. The van der Waals surface area contributed by atoms with Gasteiger partial charge in [-0.25, -0.2) is 0 Å². The van der Waals surface area contributed by atoms with Gasteiger partial charge in [-0.1, -0.05) is 24.3 Å². The molecule has 1 aromatic heterocycles. The van der Waals surface area contributed by atoms with E-state index in [-0.39, 0.29) is 12.2 Å². The number of hydrogen-bond donors (Lipinski definition) is 2. The standard InChI is InChI=1S/C16H20N2O2/c1-12(17-2)13-3-5-14(6-4-13)15-7-8-18(9-10-19)16(20)11-15/h3-8,11-12,17,19H,9-10H2,1-2H3. The van der Waals surface area contributed by atoms with Crippen molar-refractivity contribution in [1.82, 2.24) is 9.88 Å². The van der Waals surface area contributed by atoms with Crippen molar-refractivity contribution in [2.24, 2.45) is 0 Å². The lowest BCUT2D eigenvalue weighted by atomic mass is 10.0. The van der Waals surface area contributed by atoms with Gasteiger partial charge in [0.05, 0.1) is 6.61 Å². The van der Waals surface area contributed by atoms with Crippen molar-refractivity contribution in [2.45, 2.75) is 19.5 Å². The summed E-state index contributed by atoms with van der Waals surface area (Å²) >= 11 is 0. The summed E-state index contributed by atoms with van der Waals surface area (Å²) in [6.07, 6.45) is 1.72. The number of nitrogens with one attached hydrogen (secondary N) is 1. The fourth-order valence-electron chi connectivity index (χ4n) is 2.11. The molecule has 0 amide bonds. The van der Waals surface area contributed by atoms with Gasteiger partial charge in [0, 0.05) is 24.8 Å². The average molecular weight is 272 g/mol. The van der Waals surface area contributed by atoms with E-state index < -0.39 is 0 Å². The Labute approximate surface area is 118 Å². The highest BCUT2D eigenvalue weighted by atomic mass is 16.3. The molecule has 1 aromatic carbocycles. The summed E-state index contributed by atoms with van der Waals surface area (Å²) in [5.74, 6) is 0. The van der Waals surface area contributed by atoms with E-state index in [0.29, 0.717) is 12.6 Å². The molecule has 0 saturated heterocycles. The number of aliphatic hydroxyl groups is 1. The number of hydrogen-bond acceptors (Lipinski definition) is 3. The van der Waals surface area contributed by atoms with Gasteiger partial charge >= 0.3 is 0 Å². The highest BCUT2D eigenvalue weighted by Gasteiger charge is 2.04. The molecule has 0 aliphatic heterocycles. The largest absolute Gasteiger partial charge is 0.395 e. The van der Waals surface area contributed by atoms with Crippen molar-refractivity contribution < 1.29 is 5.11 Å². The molecule has 0 spiro atoms. The molecule has 0 radical (unpaired) electrons. The molecule has 0 fully saturated rings. The third-order valence-electron chi connectivity index (χ3n) is 3.51. The van der Waals surface area contributed by atoms with E-state index in [0.717, 1.165) is 11.1 Å². The van der Waals surface area contributed by atoms with Crippen molar-refractivity contribution >= 4 is 0 Å². The number of rotatable bonds is 5. The van der Waals surface area contributed by atoms with Crippen LogP contribution in [-0.2, 0) is 6.54 Å². The molecule has 1 atom stereocenters. The van der Waals surface area contributed by atoms with Crippen molar-refractivity contribution in [1.29, 1.82) is 0 Å². The Morgan fingerprint density at radius 1 is 1.20 bits per heavy atom. The maximum atomic E-state index is 11.9. The second kappa shape index (κ2) is 6.50. The highest BCUT2D eigenvalue weighted by molar-refractivity contribution is 5.63. The predicted octanol–water partition coefficient (Wildman–Crippen LogP) is 1.79. The van der Waals surface area contributed by atoms with Crippen LogP contribution in [0.25, 0.3) is 11.1 Å². The average Bonchev–Trinajstić information content (AvgIpc) is 2.49. The normalized spacial score (nSPS) is 12.3. The van der Waals surface area contributed by atoms with Gasteiger partial charge in [0.2, 0.25) is 0 Å². The van der Waals surface area contributed by atoms with Crippen LogP contribution in [0.4, 0.5) is 0 Å². The van der Waals surface area contributed by atoms with Crippen molar-refractivity contribution in [3.63, 3.8) is 0 Å². The summed E-state index contributed by atoms with van der Waals surface area (Å²) < 4.78 is 1.50. The van der Waals surface area contributed by atoms with Gasteiger partial charge in [-0.3, -0.25) is 4.79 Å². The molecule has 2 aromatic rings. The number of nitrogens with zero attached hydrogens (tertiary/aromatic N) is 1. The molecule has 106 valence electrons. The van der Waals surface area contributed by atoms with E-state index in [2.05, 4.69) is 24.4 Å². The van der Waals surface area contributed by atoms with Crippen LogP contribution < -0.4 is 10.9 Å². The van der Waals surface area contributed by atoms with Crippen molar-refractivity contribution in [3.05, 3.63) is 58.5 Å². The number of aliphatic hydroxyl groups excluding tert-OH is 1. The van der Waals surface area contributed by atoms with Crippen LogP contribution in [0.2, 0.25) is 0 Å².